The second-order valence-corrected chi connectivity index (χ2v) is 5.98. The molecule has 0 aromatic rings. The van der Waals surface area contributed by atoms with Crippen molar-refractivity contribution in [3.8, 4) is 0 Å². The van der Waals surface area contributed by atoms with Crippen LogP contribution in [0.2, 0.25) is 0 Å². The van der Waals surface area contributed by atoms with Crippen molar-refractivity contribution >= 4 is 15.7 Å². The minimum absolute atomic E-state index is 0.466. The molecule has 1 aliphatic rings. The topological polar surface area (TPSA) is 49.7 Å². The second-order valence-electron chi connectivity index (χ2n) is 4.00. The summed E-state index contributed by atoms with van der Waals surface area (Å²) in [7, 11) is -1.32. The Labute approximate surface area is 91.7 Å². The Morgan fingerprint density at radius 3 is 2.40 bits per heavy atom. The average molecular weight is 230 g/mol. The van der Waals surface area contributed by atoms with Crippen LogP contribution in [0.15, 0.2) is 16.1 Å². The molecule has 0 N–H and O–H groups in total. The van der Waals surface area contributed by atoms with Gasteiger partial charge in [-0.2, -0.15) is 4.31 Å². The number of rotatable bonds is 1. The van der Waals surface area contributed by atoms with Gasteiger partial charge < -0.3 is 0 Å². The van der Waals surface area contributed by atoms with E-state index in [4.69, 9.17) is 0 Å². The zero-order valence-corrected chi connectivity index (χ0v) is 10.6. The van der Waals surface area contributed by atoms with Gasteiger partial charge in [-0.15, -0.1) is 0 Å². The standard InChI is InChI=1S/C10H18N2O2S/c1-8(2)9-7-12(15(4,13)14)6-5-10(9)11-3/h5-7H2,1-4H3. The highest BCUT2D eigenvalue weighted by Gasteiger charge is 2.25. The fourth-order valence-electron chi connectivity index (χ4n) is 1.70. The Morgan fingerprint density at radius 1 is 1.40 bits per heavy atom. The molecular weight excluding hydrogens is 212 g/mol. The third kappa shape index (κ3) is 2.89. The number of aliphatic imine (C=N–C) groups is 1. The highest BCUT2D eigenvalue weighted by Crippen LogP contribution is 2.18. The molecule has 0 radical (unpaired) electrons. The van der Waals surface area contributed by atoms with Crippen LogP contribution in [0.4, 0.5) is 0 Å². The van der Waals surface area contributed by atoms with Crippen molar-refractivity contribution in [1.29, 1.82) is 0 Å². The molecule has 0 unspecified atom stereocenters. The monoisotopic (exact) mass is 230 g/mol. The quantitative estimate of drug-likeness (QED) is 0.676. The molecule has 1 aliphatic heterocycles. The van der Waals surface area contributed by atoms with Crippen molar-refractivity contribution in [2.24, 2.45) is 4.99 Å². The van der Waals surface area contributed by atoms with Crippen LogP contribution >= 0.6 is 0 Å². The molecule has 0 bridgehead atoms. The third-order valence-corrected chi connectivity index (χ3v) is 3.87. The lowest BCUT2D eigenvalue weighted by atomic mass is 9.99. The number of nitrogens with zero attached hydrogens (tertiary/aromatic N) is 2. The first-order chi connectivity index (χ1) is 6.86. The number of piperidine rings is 1. The molecule has 1 heterocycles. The minimum Gasteiger partial charge on any atom is -0.293 e. The summed E-state index contributed by atoms with van der Waals surface area (Å²) >= 11 is 0. The lowest BCUT2D eigenvalue weighted by Gasteiger charge is -2.28. The maximum atomic E-state index is 11.4. The first-order valence-corrected chi connectivity index (χ1v) is 6.78. The van der Waals surface area contributed by atoms with Crippen LogP contribution in [0.5, 0.6) is 0 Å². The smallest absolute Gasteiger partial charge is 0.211 e. The van der Waals surface area contributed by atoms with E-state index in [-0.39, 0.29) is 0 Å². The van der Waals surface area contributed by atoms with Crippen molar-refractivity contribution in [3.05, 3.63) is 11.1 Å². The van der Waals surface area contributed by atoms with Crippen LogP contribution in [0.25, 0.3) is 0 Å². The highest BCUT2D eigenvalue weighted by atomic mass is 32.2. The third-order valence-electron chi connectivity index (χ3n) is 2.62. The molecule has 0 spiro atoms. The van der Waals surface area contributed by atoms with Gasteiger partial charge in [-0.3, -0.25) is 4.99 Å². The fourth-order valence-corrected chi connectivity index (χ4v) is 2.49. The molecule has 0 amide bonds. The SMILES string of the molecule is CN=C1CCN(S(C)(=O)=O)CC1=C(C)C. The summed E-state index contributed by atoms with van der Waals surface area (Å²) in [5, 5.41) is 0. The van der Waals surface area contributed by atoms with E-state index >= 15 is 0 Å². The number of hydrogen-bond acceptors (Lipinski definition) is 3. The van der Waals surface area contributed by atoms with Gasteiger partial charge in [-0.05, 0) is 19.4 Å². The van der Waals surface area contributed by atoms with Gasteiger partial charge in [0.1, 0.15) is 0 Å². The van der Waals surface area contributed by atoms with Crippen LogP contribution in [0.1, 0.15) is 20.3 Å². The van der Waals surface area contributed by atoms with Gasteiger partial charge in [0.15, 0.2) is 0 Å². The summed E-state index contributed by atoms with van der Waals surface area (Å²) < 4.78 is 24.3. The summed E-state index contributed by atoms with van der Waals surface area (Å²) in [5.41, 5.74) is 3.24. The van der Waals surface area contributed by atoms with Crippen LogP contribution in [-0.2, 0) is 10.0 Å². The maximum Gasteiger partial charge on any atom is 0.211 e. The lowest BCUT2D eigenvalue weighted by molar-refractivity contribution is 0.440. The summed E-state index contributed by atoms with van der Waals surface area (Å²) in [6.45, 7) is 4.99. The molecule has 0 aromatic carbocycles. The predicted octanol–water partition coefficient (Wildman–Crippen LogP) is 1.06. The molecule has 0 atom stereocenters. The summed E-state index contributed by atoms with van der Waals surface area (Å²) in [6, 6.07) is 0. The Kier molecular flexibility index (Phi) is 3.67. The normalized spacial score (nSPS) is 22.1. The van der Waals surface area contributed by atoms with Gasteiger partial charge in [0.2, 0.25) is 10.0 Å². The van der Waals surface area contributed by atoms with Crippen molar-refractivity contribution in [2.75, 3.05) is 26.4 Å². The molecule has 0 saturated carbocycles. The van der Waals surface area contributed by atoms with Crippen LogP contribution in [-0.4, -0.2) is 44.8 Å². The van der Waals surface area contributed by atoms with Crippen molar-refractivity contribution < 1.29 is 8.42 Å². The van der Waals surface area contributed by atoms with Crippen LogP contribution < -0.4 is 0 Å². The van der Waals surface area contributed by atoms with E-state index in [9.17, 15) is 8.42 Å². The van der Waals surface area contributed by atoms with Crippen molar-refractivity contribution in [2.45, 2.75) is 20.3 Å². The van der Waals surface area contributed by atoms with E-state index in [1.807, 2.05) is 13.8 Å². The average Bonchev–Trinajstić information content (AvgIpc) is 2.15. The van der Waals surface area contributed by atoms with E-state index in [0.29, 0.717) is 19.5 Å². The minimum atomic E-state index is -3.08. The zero-order valence-electron chi connectivity index (χ0n) is 9.74. The molecule has 1 rings (SSSR count). The largest absolute Gasteiger partial charge is 0.293 e. The molecule has 0 aromatic heterocycles. The molecule has 4 nitrogen and oxygen atoms in total. The maximum absolute atomic E-state index is 11.4. The van der Waals surface area contributed by atoms with E-state index in [0.717, 1.165) is 16.9 Å². The Bertz CT molecular complexity index is 403. The summed E-state index contributed by atoms with van der Waals surface area (Å²) in [4.78, 5) is 4.20. The molecular formula is C10H18N2O2S. The highest BCUT2D eigenvalue weighted by molar-refractivity contribution is 7.88. The van der Waals surface area contributed by atoms with Gasteiger partial charge >= 0.3 is 0 Å². The Hall–Kier alpha value is -0.680. The molecule has 0 aliphatic carbocycles. The first-order valence-electron chi connectivity index (χ1n) is 4.93. The number of sulfonamides is 1. The summed E-state index contributed by atoms with van der Waals surface area (Å²) in [6.07, 6.45) is 1.97. The molecule has 1 fully saturated rings. The lowest BCUT2D eigenvalue weighted by Crippen LogP contribution is -2.39. The molecule has 1 saturated heterocycles. The predicted molar refractivity (Wildman–Crippen MR) is 62.8 cm³/mol. The first kappa shape index (κ1) is 12.4. The molecule has 86 valence electrons. The molecule has 5 heteroatoms. The van der Waals surface area contributed by atoms with Gasteiger partial charge in [-0.1, -0.05) is 5.57 Å². The summed E-state index contributed by atoms with van der Waals surface area (Å²) in [5.74, 6) is 0. The number of hydrogen-bond donors (Lipinski definition) is 0. The van der Waals surface area contributed by atoms with Gasteiger partial charge in [0.25, 0.3) is 0 Å². The van der Waals surface area contributed by atoms with E-state index in [2.05, 4.69) is 4.99 Å². The van der Waals surface area contributed by atoms with E-state index < -0.39 is 10.0 Å². The fraction of sp³-hybridized carbons (Fsp3) is 0.700. The zero-order chi connectivity index (χ0) is 11.6. The van der Waals surface area contributed by atoms with Gasteiger partial charge in [0.05, 0.1) is 6.26 Å². The van der Waals surface area contributed by atoms with E-state index in [1.165, 1.54) is 10.6 Å². The van der Waals surface area contributed by atoms with Gasteiger partial charge in [0, 0.05) is 32.3 Å². The number of allylic oxidation sites excluding steroid dienone is 1. The van der Waals surface area contributed by atoms with Crippen LogP contribution in [0.3, 0.4) is 0 Å². The Morgan fingerprint density at radius 2 is 2.00 bits per heavy atom. The van der Waals surface area contributed by atoms with Gasteiger partial charge in [-0.25, -0.2) is 8.42 Å². The van der Waals surface area contributed by atoms with Crippen molar-refractivity contribution in [3.63, 3.8) is 0 Å². The van der Waals surface area contributed by atoms with Crippen molar-refractivity contribution in [1.82, 2.24) is 4.31 Å². The molecule has 15 heavy (non-hydrogen) atoms. The van der Waals surface area contributed by atoms with E-state index in [1.54, 1.807) is 7.05 Å². The Balaban J connectivity index is 3.01. The van der Waals surface area contributed by atoms with Crippen LogP contribution in [0, 0.1) is 0 Å². The second kappa shape index (κ2) is 4.45.